The van der Waals surface area contributed by atoms with E-state index in [1.807, 2.05) is 0 Å². The first-order chi connectivity index (χ1) is 7.41. The summed E-state index contributed by atoms with van der Waals surface area (Å²) < 4.78 is 25.1. The zero-order valence-electron chi connectivity index (χ0n) is 8.58. The summed E-state index contributed by atoms with van der Waals surface area (Å²) in [5.74, 6) is 0. The van der Waals surface area contributed by atoms with Crippen LogP contribution in [0.2, 0.25) is 0 Å². The van der Waals surface area contributed by atoms with Gasteiger partial charge in [0, 0.05) is 17.1 Å². The molecule has 1 aromatic carbocycles. The number of nitrogens with two attached hydrogens (primary N) is 1. The lowest BCUT2D eigenvalue weighted by Gasteiger charge is -2.20. The summed E-state index contributed by atoms with van der Waals surface area (Å²) >= 11 is 8.13. The minimum Gasteiger partial charge on any atom is -0.389 e. The maximum Gasteiger partial charge on any atom is 0.255 e. The summed E-state index contributed by atoms with van der Waals surface area (Å²) in [7, 11) is 1.60. The van der Waals surface area contributed by atoms with Crippen molar-refractivity contribution in [2.75, 3.05) is 18.5 Å². The Bertz CT molecular complexity index is 398. The molecule has 0 aliphatic carbocycles. The van der Waals surface area contributed by atoms with Gasteiger partial charge in [0.25, 0.3) is 6.43 Å². The predicted octanol–water partition coefficient (Wildman–Crippen LogP) is 2.78. The summed E-state index contributed by atoms with van der Waals surface area (Å²) in [6, 6.07) is 5.14. The van der Waals surface area contributed by atoms with Crippen molar-refractivity contribution in [2.24, 2.45) is 5.73 Å². The van der Waals surface area contributed by atoms with Crippen LogP contribution in [0.4, 0.5) is 14.5 Å². The number of halogens is 3. The number of rotatable bonds is 4. The van der Waals surface area contributed by atoms with E-state index >= 15 is 0 Å². The van der Waals surface area contributed by atoms with Crippen molar-refractivity contribution < 1.29 is 8.78 Å². The summed E-state index contributed by atoms with van der Waals surface area (Å²) in [5, 5.41) is 0. The molecular formula is C10H11BrF2N2S. The minimum atomic E-state index is -2.37. The molecule has 0 saturated heterocycles. The number of hydrogen-bond acceptors (Lipinski definition) is 2. The van der Waals surface area contributed by atoms with Crippen molar-refractivity contribution in [3.8, 4) is 0 Å². The second-order valence-electron chi connectivity index (χ2n) is 3.30. The van der Waals surface area contributed by atoms with Crippen LogP contribution in [0, 0.1) is 0 Å². The first kappa shape index (κ1) is 13.3. The molecule has 0 spiro atoms. The van der Waals surface area contributed by atoms with E-state index < -0.39 is 6.43 Å². The first-order valence-electron chi connectivity index (χ1n) is 4.50. The van der Waals surface area contributed by atoms with Crippen LogP contribution in [0.25, 0.3) is 0 Å². The summed E-state index contributed by atoms with van der Waals surface area (Å²) in [6.07, 6.45) is -2.37. The maximum absolute atomic E-state index is 12.2. The Labute approximate surface area is 107 Å². The van der Waals surface area contributed by atoms with E-state index in [1.54, 1.807) is 25.2 Å². The molecule has 2 N–H and O–H groups in total. The molecular weight excluding hydrogens is 298 g/mol. The molecule has 0 radical (unpaired) electrons. The summed E-state index contributed by atoms with van der Waals surface area (Å²) in [4.78, 5) is 1.75. The smallest absolute Gasteiger partial charge is 0.255 e. The van der Waals surface area contributed by atoms with E-state index in [0.717, 1.165) is 0 Å². The van der Waals surface area contributed by atoms with Crippen molar-refractivity contribution in [3.63, 3.8) is 0 Å². The Morgan fingerprint density at radius 2 is 2.19 bits per heavy atom. The number of alkyl halides is 2. The highest BCUT2D eigenvalue weighted by Gasteiger charge is 2.11. The minimum absolute atomic E-state index is 0.281. The van der Waals surface area contributed by atoms with Crippen LogP contribution >= 0.6 is 28.1 Å². The van der Waals surface area contributed by atoms with Gasteiger partial charge in [-0.3, -0.25) is 0 Å². The molecule has 0 unspecified atom stereocenters. The molecule has 0 fully saturated rings. The fourth-order valence-electron chi connectivity index (χ4n) is 1.28. The Morgan fingerprint density at radius 3 is 2.62 bits per heavy atom. The van der Waals surface area contributed by atoms with Crippen LogP contribution in [0.3, 0.4) is 0 Å². The monoisotopic (exact) mass is 308 g/mol. The number of hydrogen-bond donors (Lipinski definition) is 1. The van der Waals surface area contributed by atoms with Gasteiger partial charge in [0.1, 0.15) is 4.99 Å². The quantitative estimate of drug-likeness (QED) is 0.867. The Morgan fingerprint density at radius 1 is 1.56 bits per heavy atom. The fraction of sp³-hybridized carbons (Fsp3) is 0.300. The SMILES string of the molecule is CN(CC(F)F)c1ccc(C(N)=S)cc1Br. The average Bonchev–Trinajstić information content (AvgIpc) is 2.15. The third-order valence-corrected chi connectivity index (χ3v) is 2.93. The van der Waals surface area contributed by atoms with E-state index in [-0.39, 0.29) is 11.5 Å². The van der Waals surface area contributed by atoms with Gasteiger partial charge >= 0.3 is 0 Å². The number of thiocarbonyl (C=S) groups is 1. The van der Waals surface area contributed by atoms with Crippen LogP contribution in [0.5, 0.6) is 0 Å². The van der Waals surface area contributed by atoms with E-state index in [9.17, 15) is 8.78 Å². The molecule has 16 heavy (non-hydrogen) atoms. The van der Waals surface area contributed by atoms with Gasteiger partial charge in [0.05, 0.1) is 12.2 Å². The topological polar surface area (TPSA) is 29.3 Å². The first-order valence-corrected chi connectivity index (χ1v) is 5.70. The molecule has 0 atom stereocenters. The van der Waals surface area contributed by atoms with E-state index in [2.05, 4.69) is 15.9 Å². The molecule has 0 aliphatic rings. The summed E-state index contributed by atoms with van der Waals surface area (Å²) in [6.45, 7) is -0.314. The standard InChI is InChI=1S/C10H11BrF2N2S/c1-15(5-9(12)13)8-3-2-6(10(14)16)4-7(8)11/h2-4,9H,5H2,1H3,(H2,14,16). The third kappa shape index (κ3) is 3.38. The molecule has 0 aromatic heterocycles. The molecule has 2 nitrogen and oxygen atoms in total. The highest BCUT2D eigenvalue weighted by molar-refractivity contribution is 9.10. The molecule has 0 aliphatic heterocycles. The summed E-state index contributed by atoms with van der Waals surface area (Å²) in [5.41, 5.74) is 6.85. The average molecular weight is 309 g/mol. The lowest BCUT2D eigenvalue weighted by molar-refractivity contribution is 0.156. The van der Waals surface area contributed by atoms with Crippen LogP contribution in [-0.2, 0) is 0 Å². The fourth-order valence-corrected chi connectivity index (χ4v) is 2.08. The normalized spacial score (nSPS) is 10.6. The largest absolute Gasteiger partial charge is 0.389 e. The molecule has 0 heterocycles. The molecule has 1 rings (SSSR count). The Balaban J connectivity index is 2.94. The maximum atomic E-state index is 12.2. The van der Waals surface area contributed by atoms with Gasteiger partial charge in [0.2, 0.25) is 0 Å². The van der Waals surface area contributed by atoms with E-state index in [0.29, 0.717) is 15.7 Å². The molecule has 6 heteroatoms. The molecule has 0 bridgehead atoms. The molecule has 0 amide bonds. The van der Waals surface area contributed by atoms with Gasteiger partial charge in [-0.25, -0.2) is 8.78 Å². The van der Waals surface area contributed by atoms with Crippen molar-refractivity contribution in [1.29, 1.82) is 0 Å². The Hall–Kier alpha value is -0.750. The molecule has 88 valence electrons. The van der Waals surface area contributed by atoms with Gasteiger partial charge < -0.3 is 10.6 Å². The van der Waals surface area contributed by atoms with Gasteiger partial charge in [-0.05, 0) is 34.1 Å². The van der Waals surface area contributed by atoms with Crippen molar-refractivity contribution in [3.05, 3.63) is 28.2 Å². The highest BCUT2D eigenvalue weighted by Crippen LogP contribution is 2.27. The number of benzene rings is 1. The van der Waals surface area contributed by atoms with Gasteiger partial charge in [-0.15, -0.1) is 0 Å². The van der Waals surface area contributed by atoms with Crippen molar-refractivity contribution in [1.82, 2.24) is 0 Å². The van der Waals surface area contributed by atoms with E-state index in [1.165, 1.54) is 4.90 Å². The van der Waals surface area contributed by atoms with Gasteiger partial charge in [0.15, 0.2) is 0 Å². The lowest BCUT2D eigenvalue weighted by Crippen LogP contribution is -2.24. The second kappa shape index (κ2) is 5.54. The van der Waals surface area contributed by atoms with Crippen molar-refractivity contribution >= 4 is 38.8 Å². The second-order valence-corrected chi connectivity index (χ2v) is 4.60. The van der Waals surface area contributed by atoms with Crippen LogP contribution < -0.4 is 10.6 Å². The lowest BCUT2D eigenvalue weighted by atomic mass is 10.2. The van der Waals surface area contributed by atoms with Crippen LogP contribution in [0.1, 0.15) is 5.56 Å². The van der Waals surface area contributed by atoms with Crippen molar-refractivity contribution in [2.45, 2.75) is 6.43 Å². The Kier molecular flexibility index (Phi) is 4.61. The zero-order valence-corrected chi connectivity index (χ0v) is 11.0. The van der Waals surface area contributed by atoms with Crippen LogP contribution in [0.15, 0.2) is 22.7 Å². The van der Waals surface area contributed by atoms with Gasteiger partial charge in [-0.1, -0.05) is 12.2 Å². The third-order valence-electron chi connectivity index (χ3n) is 2.06. The molecule has 0 saturated carbocycles. The zero-order chi connectivity index (χ0) is 12.3. The van der Waals surface area contributed by atoms with E-state index in [4.69, 9.17) is 18.0 Å². The van der Waals surface area contributed by atoms with Gasteiger partial charge in [-0.2, -0.15) is 0 Å². The predicted molar refractivity (Wildman–Crippen MR) is 69.3 cm³/mol. The number of nitrogens with zero attached hydrogens (tertiary/aromatic N) is 1. The molecule has 1 aromatic rings. The number of anilines is 1. The highest BCUT2D eigenvalue weighted by atomic mass is 79.9. The van der Waals surface area contributed by atoms with Crippen LogP contribution in [-0.4, -0.2) is 25.0 Å².